The Morgan fingerprint density at radius 3 is 2.76 bits per heavy atom. The smallest absolute Gasteiger partial charge is 0.358 e. The van der Waals surface area contributed by atoms with E-state index in [0.29, 0.717) is 23.7 Å². The van der Waals surface area contributed by atoms with Gasteiger partial charge < -0.3 is 19.9 Å². The number of benzene rings is 1. The number of hydrogen-bond donors (Lipinski definition) is 2. The fourth-order valence-electron chi connectivity index (χ4n) is 2.06. The fourth-order valence-corrected chi connectivity index (χ4v) is 2.06. The van der Waals surface area contributed by atoms with Crippen molar-refractivity contribution in [1.29, 1.82) is 0 Å². The van der Waals surface area contributed by atoms with Gasteiger partial charge in [-0.2, -0.15) is 5.10 Å². The van der Waals surface area contributed by atoms with Gasteiger partial charge in [-0.15, -0.1) is 0 Å². The highest BCUT2D eigenvalue weighted by Gasteiger charge is 2.16. The van der Waals surface area contributed by atoms with E-state index in [4.69, 9.17) is 14.6 Å². The number of anilines is 1. The zero-order valence-electron chi connectivity index (χ0n) is 12.1. The van der Waals surface area contributed by atoms with Crippen molar-refractivity contribution >= 4 is 11.7 Å². The van der Waals surface area contributed by atoms with Gasteiger partial charge in [0, 0.05) is 25.4 Å². The lowest BCUT2D eigenvalue weighted by molar-refractivity contribution is 0.0690. The van der Waals surface area contributed by atoms with Crippen LogP contribution in [0.5, 0.6) is 11.5 Å². The second-order valence-electron chi connectivity index (χ2n) is 4.38. The summed E-state index contributed by atoms with van der Waals surface area (Å²) in [6, 6.07) is 5.53. The molecule has 0 spiro atoms. The standard InChI is InChI=1S/C14H17N3O4/c1-17-8-10(12(16-17)14(18)19)15-7-9-5-4-6-11(20-2)13(9)21-3/h4-6,8,15H,7H2,1-3H3,(H,18,19). The molecular weight excluding hydrogens is 274 g/mol. The lowest BCUT2D eigenvalue weighted by Gasteiger charge is -2.13. The van der Waals surface area contributed by atoms with Gasteiger partial charge >= 0.3 is 5.97 Å². The first-order valence-corrected chi connectivity index (χ1v) is 6.27. The highest BCUT2D eigenvalue weighted by atomic mass is 16.5. The van der Waals surface area contributed by atoms with Crippen LogP contribution >= 0.6 is 0 Å². The minimum Gasteiger partial charge on any atom is -0.493 e. The molecule has 1 heterocycles. The predicted molar refractivity (Wildman–Crippen MR) is 77.0 cm³/mol. The second kappa shape index (κ2) is 6.17. The molecule has 0 saturated heterocycles. The van der Waals surface area contributed by atoms with Gasteiger partial charge in [0.15, 0.2) is 17.2 Å². The van der Waals surface area contributed by atoms with Crippen molar-refractivity contribution in [3.63, 3.8) is 0 Å². The second-order valence-corrected chi connectivity index (χ2v) is 4.38. The number of para-hydroxylation sites is 1. The summed E-state index contributed by atoms with van der Waals surface area (Å²) in [5, 5.41) is 16.1. The van der Waals surface area contributed by atoms with Crippen molar-refractivity contribution in [2.24, 2.45) is 7.05 Å². The monoisotopic (exact) mass is 291 g/mol. The zero-order chi connectivity index (χ0) is 15.4. The summed E-state index contributed by atoms with van der Waals surface area (Å²) >= 11 is 0. The van der Waals surface area contributed by atoms with E-state index < -0.39 is 5.97 Å². The summed E-state index contributed by atoms with van der Waals surface area (Å²) in [6.45, 7) is 0.395. The van der Waals surface area contributed by atoms with Crippen LogP contribution in [0.2, 0.25) is 0 Å². The maximum Gasteiger partial charge on any atom is 0.358 e. The number of ether oxygens (including phenoxy) is 2. The quantitative estimate of drug-likeness (QED) is 0.843. The Balaban J connectivity index is 2.23. The van der Waals surface area contributed by atoms with Gasteiger partial charge in [-0.3, -0.25) is 4.68 Å². The van der Waals surface area contributed by atoms with Crippen molar-refractivity contribution in [3.05, 3.63) is 35.7 Å². The number of methoxy groups -OCH3 is 2. The molecule has 0 saturated carbocycles. The molecule has 1 aromatic heterocycles. The number of carbonyl (C=O) groups is 1. The van der Waals surface area contributed by atoms with Crippen molar-refractivity contribution in [1.82, 2.24) is 9.78 Å². The van der Waals surface area contributed by atoms with Crippen LogP contribution in [0.1, 0.15) is 16.1 Å². The molecule has 1 aromatic carbocycles. The van der Waals surface area contributed by atoms with Crippen LogP contribution in [-0.2, 0) is 13.6 Å². The van der Waals surface area contributed by atoms with E-state index in [1.165, 1.54) is 4.68 Å². The van der Waals surface area contributed by atoms with Gasteiger partial charge in [-0.1, -0.05) is 12.1 Å². The first-order valence-electron chi connectivity index (χ1n) is 6.27. The normalized spacial score (nSPS) is 10.2. The number of carboxylic acids is 1. The number of aromatic nitrogens is 2. The number of hydrogen-bond acceptors (Lipinski definition) is 5. The Morgan fingerprint density at radius 1 is 1.38 bits per heavy atom. The number of carboxylic acid groups (broad SMARTS) is 1. The molecule has 2 rings (SSSR count). The molecule has 0 fully saturated rings. The highest BCUT2D eigenvalue weighted by Crippen LogP contribution is 2.31. The topological polar surface area (TPSA) is 85.6 Å². The average Bonchev–Trinajstić information content (AvgIpc) is 2.85. The third kappa shape index (κ3) is 3.07. The summed E-state index contributed by atoms with van der Waals surface area (Å²) in [6.07, 6.45) is 1.62. The van der Waals surface area contributed by atoms with E-state index in [1.54, 1.807) is 33.5 Å². The van der Waals surface area contributed by atoms with E-state index in [-0.39, 0.29) is 5.69 Å². The lowest BCUT2D eigenvalue weighted by atomic mass is 10.2. The SMILES string of the molecule is COc1cccc(CNc2cn(C)nc2C(=O)O)c1OC. The van der Waals surface area contributed by atoms with E-state index in [1.807, 2.05) is 12.1 Å². The maximum absolute atomic E-state index is 11.1. The molecule has 112 valence electrons. The molecule has 0 aliphatic rings. The van der Waals surface area contributed by atoms with Gasteiger partial charge in [0.1, 0.15) is 0 Å². The minimum atomic E-state index is -1.07. The van der Waals surface area contributed by atoms with E-state index in [9.17, 15) is 4.79 Å². The minimum absolute atomic E-state index is 0.0145. The third-order valence-electron chi connectivity index (χ3n) is 2.99. The predicted octanol–water partition coefficient (Wildman–Crippen LogP) is 1.75. The first-order chi connectivity index (χ1) is 10.1. The number of nitrogens with zero attached hydrogens (tertiary/aromatic N) is 2. The van der Waals surface area contributed by atoms with Crippen molar-refractivity contribution < 1.29 is 19.4 Å². The Morgan fingerprint density at radius 2 is 2.14 bits per heavy atom. The molecule has 0 radical (unpaired) electrons. The molecule has 0 amide bonds. The van der Waals surface area contributed by atoms with Crippen LogP contribution in [-0.4, -0.2) is 35.1 Å². The largest absolute Gasteiger partial charge is 0.493 e. The van der Waals surface area contributed by atoms with Crippen molar-refractivity contribution in [2.75, 3.05) is 19.5 Å². The Bertz CT molecular complexity index is 652. The Kier molecular flexibility index (Phi) is 4.32. The Labute approximate surface area is 122 Å². The zero-order valence-corrected chi connectivity index (χ0v) is 12.1. The molecule has 0 aliphatic heterocycles. The third-order valence-corrected chi connectivity index (χ3v) is 2.99. The van der Waals surface area contributed by atoms with Crippen LogP contribution in [0.4, 0.5) is 5.69 Å². The summed E-state index contributed by atoms with van der Waals surface area (Å²) in [5.41, 5.74) is 1.30. The number of rotatable bonds is 6. The lowest BCUT2D eigenvalue weighted by Crippen LogP contribution is -2.06. The van der Waals surface area contributed by atoms with Crippen molar-refractivity contribution in [3.8, 4) is 11.5 Å². The van der Waals surface area contributed by atoms with E-state index in [0.717, 1.165) is 5.56 Å². The number of nitrogens with one attached hydrogen (secondary N) is 1. The number of aryl methyl sites for hydroxylation is 1. The van der Waals surface area contributed by atoms with Crippen LogP contribution < -0.4 is 14.8 Å². The average molecular weight is 291 g/mol. The molecular formula is C14H17N3O4. The van der Waals surface area contributed by atoms with Gasteiger partial charge in [0.2, 0.25) is 0 Å². The molecule has 0 bridgehead atoms. The first kappa shape index (κ1) is 14.7. The molecule has 7 nitrogen and oxygen atoms in total. The van der Waals surface area contributed by atoms with Gasteiger partial charge in [0.25, 0.3) is 0 Å². The molecule has 21 heavy (non-hydrogen) atoms. The summed E-state index contributed by atoms with van der Waals surface area (Å²) in [4.78, 5) is 11.1. The summed E-state index contributed by atoms with van der Waals surface area (Å²) in [7, 11) is 4.80. The summed E-state index contributed by atoms with van der Waals surface area (Å²) in [5.74, 6) is 0.172. The maximum atomic E-state index is 11.1. The van der Waals surface area contributed by atoms with Gasteiger partial charge in [-0.25, -0.2) is 4.79 Å². The number of aromatic carboxylic acids is 1. The van der Waals surface area contributed by atoms with Crippen LogP contribution in [0.15, 0.2) is 24.4 Å². The molecule has 2 aromatic rings. The molecule has 0 atom stereocenters. The van der Waals surface area contributed by atoms with E-state index in [2.05, 4.69) is 10.4 Å². The molecule has 7 heteroatoms. The molecule has 2 N–H and O–H groups in total. The van der Waals surface area contributed by atoms with Gasteiger partial charge in [0.05, 0.1) is 19.9 Å². The van der Waals surface area contributed by atoms with E-state index >= 15 is 0 Å². The van der Waals surface area contributed by atoms with Crippen LogP contribution in [0.3, 0.4) is 0 Å². The van der Waals surface area contributed by atoms with Crippen molar-refractivity contribution in [2.45, 2.75) is 6.54 Å². The molecule has 0 unspecified atom stereocenters. The fraction of sp³-hybridized carbons (Fsp3) is 0.286. The van der Waals surface area contributed by atoms with Gasteiger partial charge in [-0.05, 0) is 6.07 Å². The molecule has 0 aliphatic carbocycles. The van der Waals surface area contributed by atoms with Crippen LogP contribution in [0, 0.1) is 0 Å². The van der Waals surface area contributed by atoms with Crippen LogP contribution in [0.25, 0.3) is 0 Å². The highest BCUT2D eigenvalue weighted by molar-refractivity contribution is 5.91. The summed E-state index contributed by atoms with van der Waals surface area (Å²) < 4.78 is 12.0. The Hall–Kier alpha value is -2.70.